The van der Waals surface area contributed by atoms with Gasteiger partial charge in [-0.1, -0.05) is 30.3 Å². The highest BCUT2D eigenvalue weighted by molar-refractivity contribution is 7.90. The molecule has 0 spiro atoms. The predicted octanol–water partition coefficient (Wildman–Crippen LogP) is 2.59. The van der Waals surface area contributed by atoms with Crippen molar-refractivity contribution < 1.29 is 26.4 Å². The molecule has 0 aliphatic carbocycles. The molecule has 5 nitrogen and oxygen atoms in total. The summed E-state index contributed by atoms with van der Waals surface area (Å²) in [4.78, 5) is 13.3. The molecule has 1 aromatic carbocycles. The van der Waals surface area contributed by atoms with E-state index in [-0.39, 0.29) is 17.4 Å². The van der Waals surface area contributed by atoms with Crippen LogP contribution in [0.15, 0.2) is 52.0 Å². The number of halogens is 2. The molecule has 1 heterocycles. The van der Waals surface area contributed by atoms with E-state index in [0.29, 0.717) is 5.56 Å². The van der Waals surface area contributed by atoms with Crippen molar-refractivity contribution in [2.24, 2.45) is 0 Å². The van der Waals surface area contributed by atoms with Gasteiger partial charge < -0.3 is 9.32 Å². The van der Waals surface area contributed by atoms with Gasteiger partial charge in [0.1, 0.15) is 0 Å². The highest BCUT2D eigenvalue weighted by Crippen LogP contribution is 2.17. The van der Waals surface area contributed by atoms with E-state index in [4.69, 9.17) is 4.42 Å². The van der Waals surface area contributed by atoms with E-state index < -0.39 is 28.7 Å². The van der Waals surface area contributed by atoms with Crippen LogP contribution in [0.4, 0.5) is 8.78 Å². The number of carbonyl (C=O) groups is 1. The summed E-state index contributed by atoms with van der Waals surface area (Å²) in [6.07, 6.45) is -1.78. The molecule has 0 saturated carbocycles. The fourth-order valence-electron chi connectivity index (χ4n) is 1.98. The summed E-state index contributed by atoms with van der Waals surface area (Å²) >= 11 is 0. The Morgan fingerprint density at radius 1 is 1.17 bits per heavy atom. The summed E-state index contributed by atoms with van der Waals surface area (Å²) in [5.41, 5.74) is 0.677. The van der Waals surface area contributed by atoms with Gasteiger partial charge in [-0.15, -0.1) is 0 Å². The van der Waals surface area contributed by atoms with Gasteiger partial charge in [-0.2, -0.15) is 0 Å². The summed E-state index contributed by atoms with van der Waals surface area (Å²) < 4.78 is 53.2. The number of amides is 1. The predicted molar refractivity (Wildman–Crippen MR) is 79.0 cm³/mol. The average molecular weight is 343 g/mol. The molecule has 1 aromatic heterocycles. The lowest BCUT2D eigenvalue weighted by Crippen LogP contribution is -2.34. The fourth-order valence-corrected chi connectivity index (χ4v) is 2.54. The van der Waals surface area contributed by atoms with Gasteiger partial charge in [-0.3, -0.25) is 4.79 Å². The highest BCUT2D eigenvalue weighted by atomic mass is 32.2. The molecule has 2 rings (SSSR count). The minimum Gasteiger partial charge on any atom is -0.440 e. The van der Waals surface area contributed by atoms with Crippen molar-refractivity contribution >= 4 is 15.7 Å². The highest BCUT2D eigenvalue weighted by Gasteiger charge is 2.24. The van der Waals surface area contributed by atoms with Crippen molar-refractivity contribution in [1.29, 1.82) is 0 Å². The van der Waals surface area contributed by atoms with Crippen LogP contribution in [0.3, 0.4) is 0 Å². The van der Waals surface area contributed by atoms with Crippen LogP contribution in [-0.4, -0.2) is 38.5 Å². The lowest BCUT2D eigenvalue weighted by Gasteiger charge is -2.21. The Hall–Kier alpha value is -2.22. The molecule has 0 aliphatic rings. The number of furan rings is 1. The SMILES string of the molecule is CS(=O)(=O)c1ccc(C(=O)N(Cc2ccccc2)CC(F)F)o1. The van der Waals surface area contributed by atoms with E-state index in [0.717, 1.165) is 17.2 Å². The van der Waals surface area contributed by atoms with Crippen molar-refractivity contribution in [3.8, 4) is 0 Å². The van der Waals surface area contributed by atoms with E-state index in [1.165, 1.54) is 6.07 Å². The largest absolute Gasteiger partial charge is 0.440 e. The van der Waals surface area contributed by atoms with E-state index in [9.17, 15) is 22.0 Å². The normalized spacial score (nSPS) is 11.7. The number of hydrogen-bond acceptors (Lipinski definition) is 4. The fraction of sp³-hybridized carbons (Fsp3) is 0.267. The maximum Gasteiger partial charge on any atom is 0.290 e. The molecule has 23 heavy (non-hydrogen) atoms. The van der Waals surface area contributed by atoms with Gasteiger partial charge in [0.2, 0.25) is 14.9 Å². The third kappa shape index (κ3) is 4.62. The minimum atomic E-state index is -3.61. The Balaban J connectivity index is 2.24. The maximum absolute atomic E-state index is 12.7. The molecule has 0 radical (unpaired) electrons. The average Bonchev–Trinajstić information content (AvgIpc) is 2.96. The summed E-state index contributed by atoms with van der Waals surface area (Å²) in [6, 6.07) is 10.9. The van der Waals surface area contributed by atoms with E-state index in [2.05, 4.69) is 0 Å². The number of alkyl halides is 2. The van der Waals surface area contributed by atoms with Crippen molar-refractivity contribution in [2.75, 3.05) is 12.8 Å². The second-order valence-corrected chi connectivity index (χ2v) is 6.90. The summed E-state index contributed by atoms with van der Waals surface area (Å²) in [5.74, 6) is -1.08. The maximum atomic E-state index is 12.7. The zero-order valence-electron chi connectivity index (χ0n) is 12.3. The molecule has 124 valence electrons. The monoisotopic (exact) mass is 343 g/mol. The van der Waals surface area contributed by atoms with Crippen LogP contribution in [0.25, 0.3) is 0 Å². The molecule has 8 heteroatoms. The lowest BCUT2D eigenvalue weighted by atomic mass is 10.2. The second kappa shape index (κ2) is 6.91. The Morgan fingerprint density at radius 3 is 2.35 bits per heavy atom. The third-order valence-corrected chi connectivity index (χ3v) is 3.97. The standard InChI is InChI=1S/C15H15F2NO4S/c1-23(20,21)14-8-7-12(22-14)15(19)18(10-13(16)17)9-11-5-3-2-4-6-11/h2-8,13H,9-10H2,1H3. The number of benzene rings is 1. The molecule has 2 aromatic rings. The zero-order valence-corrected chi connectivity index (χ0v) is 13.1. The Kier molecular flexibility index (Phi) is 5.15. The second-order valence-electron chi connectivity index (χ2n) is 4.95. The van der Waals surface area contributed by atoms with Crippen LogP contribution < -0.4 is 0 Å². The topological polar surface area (TPSA) is 67.6 Å². The summed E-state index contributed by atoms with van der Waals surface area (Å²) in [5, 5.41) is -0.377. The number of hydrogen-bond donors (Lipinski definition) is 0. The first kappa shape index (κ1) is 17.1. The first-order valence-electron chi connectivity index (χ1n) is 6.68. The smallest absolute Gasteiger partial charge is 0.290 e. The molecule has 0 saturated heterocycles. The van der Waals surface area contributed by atoms with E-state index in [1.807, 2.05) is 0 Å². The molecular weight excluding hydrogens is 328 g/mol. The first-order chi connectivity index (χ1) is 10.8. The van der Waals surface area contributed by atoms with Gasteiger partial charge in [0.25, 0.3) is 12.3 Å². The van der Waals surface area contributed by atoms with Crippen LogP contribution in [0, 0.1) is 0 Å². The van der Waals surface area contributed by atoms with Gasteiger partial charge in [0, 0.05) is 12.8 Å². The van der Waals surface area contributed by atoms with Crippen molar-refractivity contribution in [1.82, 2.24) is 4.90 Å². The first-order valence-corrected chi connectivity index (χ1v) is 8.58. The van der Waals surface area contributed by atoms with E-state index in [1.54, 1.807) is 30.3 Å². The Bertz CT molecular complexity index is 772. The van der Waals surface area contributed by atoms with Gasteiger partial charge in [0.05, 0.1) is 6.54 Å². The van der Waals surface area contributed by atoms with Crippen molar-refractivity contribution in [3.05, 3.63) is 53.8 Å². The summed E-state index contributed by atoms with van der Waals surface area (Å²) in [6.45, 7) is -0.804. The zero-order chi connectivity index (χ0) is 17.0. The van der Waals surface area contributed by atoms with Crippen LogP contribution in [0.1, 0.15) is 16.1 Å². The Labute approximate surface area is 132 Å². The minimum absolute atomic E-state index is 0.0288. The molecule has 0 unspecified atom stereocenters. The van der Waals surface area contributed by atoms with Crippen LogP contribution in [0.2, 0.25) is 0 Å². The van der Waals surface area contributed by atoms with Crippen LogP contribution in [-0.2, 0) is 16.4 Å². The third-order valence-electron chi connectivity index (χ3n) is 3.02. The van der Waals surface area contributed by atoms with Crippen LogP contribution >= 0.6 is 0 Å². The lowest BCUT2D eigenvalue weighted by molar-refractivity contribution is 0.0503. The number of rotatable bonds is 6. The number of nitrogens with zero attached hydrogens (tertiary/aromatic N) is 1. The molecule has 0 bridgehead atoms. The van der Waals surface area contributed by atoms with Gasteiger partial charge >= 0.3 is 0 Å². The Morgan fingerprint density at radius 2 is 1.83 bits per heavy atom. The van der Waals surface area contributed by atoms with E-state index >= 15 is 0 Å². The quantitative estimate of drug-likeness (QED) is 0.808. The number of carbonyl (C=O) groups excluding carboxylic acids is 1. The molecule has 1 amide bonds. The summed E-state index contributed by atoms with van der Waals surface area (Å²) in [7, 11) is -3.61. The van der Waals surface area contributed by atoms with Gasteiger partial charge in [-0.05, 0) is 17.7 Å². The van der Waals surface area contributed by atoms with Crippen molar-refractivity contribution in [2.45, 2.75) is 18.1 Å². The molecule has 0 aliphatic heterocycles. The van der Waals surface area contributed by atoms with Crippen molar-refractivity contribution in [3.63, 3.8) is 0 Å². The van der Waals surface area contributed by atoms with Gasteiger partial charge in [0.15, 0.2) is 5.76 Å². The van der Waals surface area contributed by atoms with Gasteiger partial charge in [-0.25, -0.2) is 17.2 Å². The number of sulfone groups is 1. The molecular formula is C15H15F2NO4S. The molecule has 0 N–H and O–H groups in total. The molecule has 0 atom stereocenters. The van der Waals surface area contributed by atoms with Crippen LogP contribution in [0.5, 0.6) is 0 Å². The molecule has 0 fully saturated rings.